The smallest absolute Gasteiger partial charge is 0.174 e. The van der Waals surface area contributed by atoms with Crippen LogP contribution in [0.1, 0.15) is 40.3 Å². The number of aromatic nitrogens is 3. The second-order valence-corrected chi connectivity index (χ2v) is 10.4. The van der Waals surface area contributed by atoms with Gasteiger partial charge in [0.25, 0.3) is 0 Å². The summed E-state index contributed by atoms with van der Waals surface area (Å²) in [7, 11) is 0. The van der Waals surface area contributed by atoms with Gasteiger partial charge in [-0.1, -0.05) is 12.1 Å². The van der Waals surface area contributed by atoms with Crippen molar-refractivity contribution in [3.63, 3.8) is 0 Å². The SMILES string of the molecule is Cc1ccc(-n2c(C)cc([C@@H]3[C@H](c4ccccn4)NC(=S)N3c3ccc(N4CCOCC4)cc3)c2C)nc1. The molecule has 0 aliphatic carbocycles. The highest BCUT2D eigenvalue weighted by Crippen LogP contribution is 2.44. The molecule has 0 bridgehead atoms. The second kappa shape index (κ2) is 10.2. The van der Waals surface area contributed by atoms with E-state index >= 15 is 0 Å². The highest BCUT2D eigenvalue weighted by molar-refractivity contribution is 7.80. The molecule has 38 heavy (non-hydrogen) atoms. The van der Waals surface area contributed by atoms with E-state index in [-0.39, 0.29) is 12.1 Å². The lowest BCUT2D eigenvalue weighted by atomic mass is 9.96. The standard InChI is InChI=1S/C30H32N6OS/c1-20-7-12-27(32-19-20)35-21(2)18-25(22(35)3)29-28(26-6-4-5-13-31-26)33-30(38)36(29)24-10-8-23(9-11-24)34-14-16-37-17-15-34/h4-13,18-19,28-29H,14-17H2,1-3H3,(H,33,38)/t28-,29+/m0/s1. The molecule has 6 rings (SSSR count). The maximum atomic E-state index is 5.97. The van der Waals surface area contributed by atoms with E-state index in [0.717, 1.165) is 60.5 Å². The van der Waals surface area contributed by atoms with Crippen LogP contribution in [0.25, 0.3) is 5.82 Å². The van der Waals surface area contributed by atoms with Gasteiger partial charge >= 0.3 is 0 Å². The first-order valence-corrected chi connectivity index (χ1v) is 13.5. The summed E-state index contributed by atoms with van der Waals surface area (Å²) in [6.45, 7) is 9.71. The van der Waals surface area contributed by atoms with Crippen molar-refractivity contribution in [1.82, 2.24) is 19.9 Å². The van der Waals surface area contributed by atoms with Crippen molar-refractivity contribution in [3.05, 3.63) is 101 Å². The zero-order valence-electron chi connectivity index (χ0n) is 22.0. The monoisotopic (exact) mass is 524 g/mol. The molecular formula is C30H32N6OS. The Labute approximate surface area is 229 Å². The predicted molar refractivity (Wildman–Crippen MR) is 155 cm³/mol. The van der Waals surface area contributed by atoms with Crippen molar-refractivity contribution in [3.8, 4) is 5.82 Å². The maximum Gasteiger partial charge on any atom is 0.174 e. The average Bonchev–Trinajstić information content (AvgIpc) is 3.45. The molecule has 194 valence electrons. The second-order valence-electron chi connectivity index (χ2n) is 9.97. The highest BCUT2D eigenvalue weighted by atomic mass is 32.1. The molecule has 0 unspecified atom stereocenters. The van der Waals surface area contributed by atoms with Gasteiger partial charge in [-0.2, -0.15) is 0 Å². The minimum atomic E-state index is -0.0949. The molecule has 0 amide bonds. The molecule has 1 N–H and O–H groups in total. The van der Waals surface area contributed by atoms with Crippen LogP contribution >= 0.6 is 12.2 Å². The molecule has 5 heterocycles. The number of anilines is 2. The average molecular weight is 525 g/mol. The third-order valence-electron chi connectivity index (χ3n) is 7.52. The van der Waals surface area contributed by atoms with E-state index in [0.29, 0.717) is 5.11 Å². The lowest BCUT2D eigenvalue weighted by Crippen LogP contribution is -2.36. The molecule has 0 saturated carbocycles. The van der Waals surface area contributed by atoms with Gasteiger partial charge in [-0.25, -0.2) is 4.98 Å². The zero-order valence-corrected chi connectivity index (χ0v) is 22.8. The number of benzene rings is 1. The van der Waals surface area contributed by atoms with E-state index in [1.54, 1.807) is 0 Å². The molecular weight excluding hydrogens is 492 g/mol. The fourth-order valence-electron chi connectivity index (χ4n) is 5.63. The minimum absolute atomic E-state index is 0.0722. The van der Waals surface area contributed by atoms with Crippen molar-refractivity contribution < 1.29 is 4.74 Å². The Kier molecular flexibility index (Phi) is 6.59. The van der Waals surface area contributed by atoms with Crippen molar-refractivity contribution >= 4 is 28.7 Å². The number of ether oxygens (including phenoxy) is 1. The fraction of sp³-hybridized carbons (Fsp3) is 0.300. The maximum absolute atomic E-state index is 5.97. The molecule has 2 aliphatic heterocycles. The Balaban J connectivity index is 1.43. The van der Waals surface area contributed by atoms with Gasteiger partial charge in [0, 0.05) is 48.2 Å². The van der Waals surface area contributed by atoms with Crippen LogP contribution in [-0.2, 0) is 4.74 Å². The summed E-state index contributed by atoms with van der Waals surface area (Å²) < 4.78 is 7.76. The van der Waals surface area contributed by atoms with Crippen LogP contribution in [0.3, 0.4) is 0 Å². The Morgan fingerprint density at radius 1 is 0.921 bits per heavy atom. The Hall–Kier alpha value is -3.75. The summed E-state index contributed by atoms with van der Waals surface area (Å²) in [4.78, 5) is 14.0. The van der Waals surface area contributed by atoms with Gasteiger partial charge < -0.3 is 24.4 Å². The first kappa shape index (κ1) is 24.6. The summed E-state index contributed by atoms with van der Waals surface area (Å²) in [5.41, 5.74) is 7.84. The molecule has 3 aromatic heterocycles. The van der Waals surface area contributed by atoms with E-state index in [9.17, 15) is 0 Å². The summed E-state index contributed by atoms with van der Waals surface area (Å²) in [6.07, 6.45) is 3.76. The fourth-order valence-corrected chi connectivity index (χ4v) is 5.97. The number of thiocarbonyl (C=S) groups is 1. The van der Waals surface area contributed by atoms with Gasteiger partial charge in [0.2, 0.25) is 0 Å². The number of aryl methyl sites for hydroxylation is 2. The summed E-state index contributed by atoms with van der Waals surface area (Å²) in [5, 5.41) is 4.29. The van der Waals surface area contributed by atoms with Gasteiger partial charge in [0.1, 0.15) is 5.82 Å². The third-order valence-corrected chi connectivity index (χ3v) is 7.83. The van der Waals surface area contributed by atoms with Gasteiger partial charge in [0.05, 0.1) is 31.0 Å². The van der Waals surface area contributed by atoms with Crippen molar-refractivity contribution in [2.75, 3.05) is 36.1 Å². The number of hydrogen-bond acceptors (Lipinski definition) is 5. The van der Waals surface area contributed by atoms with Crippen LogP contribution in [0.15, 0.2) is 73.1 Å². The predicted octanol–water partition coefficient (Wildman–Crippen LogP) is 5.21. The van der Waals surface area contributed by atoms with Crippen LogP contribution < -0.4 is 15.1 Å². The largest absolute Gasteiger partial charge is 0.378 e. The summed E-state index contributed by atoms with van der Waals surface area (Å²) in [5.74, 6) is 0.918. The first-order chi connectivity index (χ1) is 18.5. The van der Waals surface area contributed by atoms with Gasteiger partial charge in [-0.05, 0) is 92.6 Å². The van der Waals surface area contributed by atoms with E-state index in [2.05, 4.69) is 89.0 Å². The molecule has 2 fully saturated rings. The number of morpholine rings is 1. The van der Waals surface area contributed by atoms with Gasteiger partial charge in [-0.15, -0.1) is 0 Å². The molecule has 4 aromatic rings. The topological polar surface area (TPSA) is 58.5 Å². The highest BCUT2D eigenvalue weighted by Gasteiger charge is 2.42. The molecule has 2 atom stereocenters. The Bertz CT molecular complexity index is 1430. The third kappa shape index (κ3) is 4.44. The van der Waals surface area contributed by atoms with Crippen LogP contribution in [0, 0.1) is 20.8 Å². The van der Waals surface area contributed by atoms with Gasteiger partial charge in [-0.3, -0.25) is 4.98 Å². The zero-order chi connectivity index (χ0) is 26.2. The molecule has 2 aliphatic rings. The quantitative estimate of drug-likeness (QED) is 0.360. The van der Waals surface area contributed by atoms with Crippen LogP contribution in [-0.4, -0.2) is 46.0 Å². The van der Waals surface area contributed by atoms with Crippen LogP contribution in [0.5, 0.6) is 0 Å². The normalized spacial score (nSPS) is 19.6. The molecule has 1 aromatic carbocycles. The number of nitrogens with one attached hydrogen (secondary N) is 1. The van der Waals surface area contributed by atoms with E-state index < -0.39 is 0 Å². The molecule has 2 saturated heterocycles. The van der Waals surface area contributed by atoms with E-state index in [1.165, 1.54) is 11.3 Å². The van der Waals surface area contributed by atoms with E-state index in [4.69, 9.17) is 26.9 Å². The number of rotatable bonds is 5. The van der Waals surface area contributed by atoms with Crippen molar-refractivity contribution in [2.45, 2.75) is 32.9 Å². The minimum Gasteiger partial charge on any atom is -0.378 e. The number of pyridine rings is 2. The number of nitrogens with zero attached hydrogens (tertiary/aromatic N) is 5. The summed E-state index contributed by atoms with van der Waals surface area (Å²) >= 11 is 5.97. The van der Waals surface area contributed by atoms with E-state index in [1.807, 2.05) is 24.5 Å². The Morgan fingerprint density at radius 2 is 1.68 bits per heavy atom. The van der Waals surface area contributed by atoms with Gasteiger partial charge in [0.15, 0.2) is 5.11 Å². The van der Waals surface area contributed by atoms with Crippen LogP contribution in [0.4, 0.5) is 11.4 Å². The van der Waals surface area contributed by atoms with Crippen molar-refractivity contribution in [2.24, 2.45) is 0 Å². The van der Waals surface area contributed by atoms with Crippen LogP contribution in [0.2, 0.25) is 0 Å². The lowest BCUT2D eigenvalue weighted by molar-refractivity contribution is 0.122. The Morgan fingerprint density at radius 3 is 2.37 bits per heavy atom. The lowest BCUT2D eigenvalue weighted by Gasteiger charge is -2.31. The molecule has 0 radical (unpaired) electrons. The molecule has 8 heteroatoms. The summed E-state index contributed by atoms with van der Waals surface area (Å²) in [6, 6.07) is 21.1. The molecule has 0 spiro atoms. The van der Waals surface area contributed by atoms with Crippen molar-refractivity contribution in [1.29, 1.82) is 0 Å². The number of hydrogen-bond donors (Lipinski definition) is 1. The molecule has 7 nitrogen and oxygen atoms in total. The first-order valence-electron chi connectivity index (χ1n) is 13.1.